The molecule has 0 N–H and O–H groups in total. The van der Waals surface area contributed by atoms with Gasteiger partial charge >= 0.3 is 0 Å². The summed E-state index contributed by atoms with van der Waals surface area (Å²) in [6.45, 7) is 19.1. The maximum atomic E-state index is 10.2. The van der Waals surface area contributed by atoms with Gasteiger partial charge in [0.2, 0.25) is 0 Å². The molecule has 0 saturated heterocycles. The molecule has 0 aliphatic carbocycles. The lowest BCUT2D eigenvalue weighted by Gasteiger charge is -2.45. The second kappa shape index (κ2) is 22.2. The predicted molar refractivity (Wildman–Crippen MR) is 436 cm³/mol. The quantitative estimate of drug-likeness (QED) is 0.149. The molecule has 0 spiro atoms. The van der Waals surface area contributed by atoms with Crippen LogP contribution in [0.15, 0.2) is 300 Å². The first-order chi connectivity index (χ1) is 55.4. The number of hydrogen-bond donors (Lipinski definition) is 0. The van der Waals surface area contributed by atoms with Crippen molar-refractivity contribution < 1.29 is 26.7 Å². The number of furan rings is 2. The van der Waals surface area contributed by atoms with E-state index in [4.69, 9.17) is 10.2 Å². The van der Waals surface area contributed by atoms with E-state index in [-0.39, 0.29) is 49.3 Å². The summed E-state index contributed by atoms with van der Waals surface area (Å²) in [5.41, 5.74) is 17.6. The highest BCUT2D eigenvalue weighted by Gasteiger charge is 2.46. The zero-order valence-corrected chi connectivity index (χ0v) is 58.4. The van der Waals surface area contributed by atoms with E-state index in [1.165, 1.54) is 11.1 Å². The standard InChI is InChI=1S/C96H75BN4O2/c1-94(2,3)63-39-36-60(37-40-63)68-44-49-88-91(72-31-19-23-35-87(72)102-88)93(68)101-81-50-61(58-24-12-10-13-25-58)38-45-75(81)97-76-46-43-66(98-79-47-41-64(95(4,5)6)53-73(79)74-54-65(96(7,8)9)42-48-80(74)98)55-82(76)100(83-51-62(59-26-14-11-15-27-59)52-89-90(83)71-30-18-22-34-86(71)103-89)84-56-67(57-85(101)92(84)97)99-77-32-20-16-28-69(77)70-29-17-21-33-78(70)99/h10-57H,1-9H3/i10D,12D,13D,16D,17D,20D,21D,24D,25D,28D,29D,32D,33D. The van der Waals surface area contributed by atoms with Gasteiger partial charge in [0.25, 0.3) is 6.71 Å². The van der Waals surface area contributed by atoms with Gasteiger partial charge in [0.1, 0.15) is 22.3 Å². The van der Waals surface area contributed by atoms with E-state index in [1.54, 1.807) is 4.57 Å². The maximum absolute atomic E-state index is 10.2. The molecule has 0 unspecified atom stereocenters. The monoisotopic (exact) mass is 1340 g/mol. The van der Waals surface area contributed by atoms with E-state index in [0.717, 1.165) is 93.5 Å². The number of anilines is 6. The fraction of sp³-hybridized carbons (Fsp3) is 0.125. The van der Waals surface area contributed by atoms with Crippen molar-refractivity contribution in [2.45, 2.75) is 78.6 Å². The molecule has 2 aliphatic heterocycles. The molecule has 0 bridgehead atoms. The summed E-state index contributed by atoms with van der Waals surface area (Å²) < 4.78 is 142. The Hall–Kier alpha value is -12.1. The van der Waals surface area contributed by atoms with Crippen molar-refractivity contribution >= 4 is 145 Å². The third-order valence-corrected chi connectivity index (χ3v) is 21.5. The number of benzene rings is 14. The molecule has 0 amide bonds. The van der Waals surface area contributed by atoms with Crippen LogP contribution in [0.2, 0.25) is 0 Å². The Kier molecular flexibility index (Phi) is 10.5. The average Bonchev–Trinajstić information content (AvgIpc) is 1.20. The molecular weight excluding hydrogens is 1250 g/mol. The minimum Gasteiger partial charge on any atom is -0.456 e. The normalized spacial score (nSPS) is 15.0. The Morgan fingerprint density at radius 1 is 0.311 bits per heavy atom. The molecule has 0 atom stereocenters. The molecule has 18 aromatic rings. The van der Waals surface area contributed by atoms with Crippen molar-refractivity contribution in [3.05, 3.63) is 308 Å². The highest BCUT2D eigenvalue weighted by molar-refractivity contribution is 7.00. The molecule has 0 saturated carbocycles. The molecular formula is C96H75BN4O2. The van der Waals surface area contributed by atoms with E-state index in [0.29, 0.717) is 61.7 Å². The van der Waals surface area contributed by atoms with Gasteiger partial charge in [0.05, 0.1) is 67.7 Å². The van der Waals surface area contributed by atoms with Crippen LogP contribution in [0.5, 0.6) is 0 Å². The third-order valence-electron chi connectivity index (χ3n) is 21.5. The Labute approximate surface area is 618 Å². The van der Waals surface area contributed by atoms with Crippen molar-refractivity contribution in [2.75, 3.05) is 9.80 Å². The summed E-state index contributed by atoms with van der Waals surface area (Å²) in [7, 11) is 0. The fourth-order valence-electron chi connectivity index (χ4n) is 16.4. The van der Waals surface area contributed by atoms with E-state index < -0.39 is 85.3 Å². The second-order valence-electron chi connectivity index (χ2n) is 30.7. The lowest BCUT2D eigenvalue weighted by molar-refractivity contribution is 0.590. The number of rotatable bonds is 7. The summed E-state index contributed by atoms with van der Waals surface area (Å²) in [5.74, 6) is 0. The molecule has 6 heterocycles. The Balaban J connectivity index is 1.02. The van der Waals surface area contributed by atoms with E-state index in [9.17, 15) is 16.4 Å². The van der Waals surface area contributed by atoms with E-state index in [2.05, 4.69) is 192 Å². The highest BCUT2D eigenvalue weighted by atomic mass is 16.3. The van der Waals surface area contributed by atoms with Crippen molar-refractivity contribution in [3.63, 3.8) is 0 Å². The molecule has 103 heavy (non-hydrogen) atoms. The van der Waals surface area contributed by atoms with Gasteiger partial charge in [0, 0.05) is 66.3 Å². The number of hydrogen-bond acceptors (Lipinski definition) is 4. The molecule has 6 nitrogen and oxygen atoms in total. The number of aromatic nitrogens is 2. The Morgan fingerprint density at radius 3 is 1.47 bits per heavy atom. The van der Waals surface area contributed by atoms with Crippen LogP contribution in [-0.4, -0.2) is 15.8 Å². The van der Waals surface area contributed by atoms with Gasteiger partial charge in [-0.1, -0.05) is 250 Å². The van der Waals surface area contributed by atoms with Gasteiger partial charge in [0.15, 0.2) is 0 Å². The van der Waals surface area contributed by atoms with Gasteiger partial charge in [-0.2, -0.15) is 0 Å². The topological polar surface area (TPSA) is 42.6 Å². The zero-order chi connectivity index (χ0) is 80.8. The lowest BCUT2D eigenvalue weighted by Crippen LogP contribution is -2.61. The first kappa shape index (κ1) is 48.7. The van der Waals surface area contributed by atoms with Crippen LogP contribution >= 0.6 is 0 Å². The fourth-order valence-corrected chi connectivity index (χ4v) is 16.4. The van der Waals surface area contributed by atoms with Gasteiger partial charge in [-0.3, -0.25) is 0 Å². The van der Waals surface area contributed by atoms with Gasteiger partial charge < -0.3 is 27.8 Å². The summed E-state index contributed by atoms with van der Waals surface area (Å²) in [6.07, 6.45) is 0. The number of fused-ring (bicyclic) bond motifs is 16. The molecule has 494 valence electrons. The lowest BCUT2D eigenvalue weighted by atomic mass is 9.33. The van der Waals surface area contributed by atoms with Crippen LogP contribution in [0.1, 0.15) is 96.8 Å². The summed E-state index contributed by atoms with van der Waals surface area (Å²) in [6, 6.07) is 66.1. The van der Waals surface area contributed by atoms with Crippen molar-refractivity contribution in [1.29, 1.82) is 0 Å². The van der Waals surface area contributed by atoms with Crippen molar-refractivity contribution in [2.24, 2.45) is 0 Å². The maximum Gasteiger partial charge on any atom is 0.252 e. The van der Waals surface area contributed by atoms with Gasteiger partial charge in [-0.25, -0.2) is 0 Å². The first-order valence-corrected chi connectivity index (χ1v) is 35.2. The van der Waals surface area contributed by atoms with Crippen LogP contribution in [0.25, 0.3) is 132 Å². The zero-order valence-electron chi connectivity index (χ0n) is 71.4. The Morgan fingerprint density at radius 2 is 0.825 bits per heavy atom. The summed E-state index contributed by atoms with van der Waals surface area (Å²) >= 11 is 0. The van der Waals surface area contributed by atoms with Gasteiger partial charge in [-0.05, 0) is 180 Å². The molecule has 0 fully saturated rings. The highest BCUT2D eigenvalue weighted by Crippen LogP contribution is 2.55. The summed E-state index contributed by atoms with van der Waals surface area (Å²) in [4.78, 5) is 4.47. The van der Waals surface area contributed by atoms with Crippen LogP contribution in [0, 0.1) is 0 Å². The predicted octanol–water partition coefficient (Wildman–Crippen LogP) is 24.7. The molecule has 7 heteroatoms. The number of nitrogens with zero attached hydrogens (tertiary/aromatic N) is 4. The molecule has 2 aliphatic rings. The van der Waals surface area contributed by atoms with Crippen LogP contribution in [-0.2, 0) is 16.2 Å². The molecule has 14 aromatic carbocycles. The largest absolute Gasteiger partial charge is 0.456 e. The molecule has 0 radical (unpaired) electrons. The minimum atomic E-state index is -0.757. The van der Waals surface area contributed by atoms with Crippen LogP contribution < -0.4 is 26.2 Å². The first-order valence-electron chi connectivity index (χ1n) is 41.7. The van der Waals surface area contributed by atoms with Crippen LogP contribution in [0.3, 0.4) is 0 Å². The smallest absolute Gasteiger partial charge is 0.252 e. The minimum absolute atomic E-state index is 0.0255. The molecule has 4 aromatic heterocycles. The SMILES string of the molecule is [2H]c1c([2H])c([2H])c(-c2ccc3c(c2)N(c2c(-c4ccc(C(C)(C)C)cc4)ccc4oc5ccccc5c24)c2cc(-n4c5c([2H])c([2H])c([2H])c([2H])c5c5c([2H])c([2H])c([2H])c([2H])c54)cc4c2B3c2ccc(-n3c5ccc(C(C)(C)C)cc5c5cc(C(C)(C)C)ccc53)cc2N4c2cc(-c3ccccc3)cc3oc4ccccc4c23)c([2H])c1[2H]. The summed E-state index contributed by atoms with van der Waals surface area (Å²) in [5, 5.41) is 5.00. The van der Waals surface area contributed by atoms with E-state index >= 15 is 0 Å². The third kappa shape index (κ3) is 9.34. The van der Waals surface area contributed by atoms with Crippen molar-refractivity contribution in [1.82, 2.24) is 9.13 Å². The van der Waals surface area contributed by atoms with Crippen LogP contribution in [0.4, 0.5) is 34.1 Å². The van der Waals surface area contributed by atoms with Crippen molar-refractivity contribution in [3.8, 4) is 44.8 Å². The Bertz CT molecular complexity index is 7230. The molecule has 20 rings (SSSR count). The van der Waals surface area contributed by atoms with E-state index in [1.807, 2.05) is 97.1 Å². The van der Waals surface area contributed by atoms with Gasteiger partial charge in [-0.15, -0.1) is 0 Å². The number of para-hydroxylation sites is 4. The average molecular weight is 1340 g/mol. The second-order valence-corrected chi connectivity index (χ2v) is 30.7.